The van der Waals surface area contributed by atoms with Gasteiger partial charge in [-0.15, -0.1) is 0 Å². The largest absolute Gasteiger partial charge is 0.380 e. The Labute approximate surface area is 163 Å². The summed E-state index contributed by atoms with van der Waals surface area (Å²) in [6.07, 6.45) is 0. The molecule has 3 N–H and O–H groups in total. The third-order valence-corrected chi connectivity index (χ3v) is 4.82. The molecule has 6 nitrogen and oxygen atoms in total. The van der Waals surface area contributed by atoms with Gasteiger partial charge in [0.25, 0.3) is 0 Å². The lowest BCUT2D eigenvalue weighted by Gasteiger charge is -2.25. The van der Waals surface area contributed by atoms with Crippen molar-refractivity contribution in [3.05, 3.63) is 47.3 Å². The van der Waals surface area contributed by atoms with Gasteiger partial charge in [0.15, 0.2) is 5.96 Å². The molecule has 6 heteroatoms. The minimum absolute atomic E-state index is 0.304. The molecule has 1 aromatic carbocycles. The van der Waals surface area contributed by atoms with Gasteiger partial charge in [-0.1, -0.05) is 32.0 Å². The summed E-state index contributed by atoms with van der Waals surface area (Å²) in [6, 6.07) is 10.6. The van der Waals surface area contributed by atoms with E-state index in [0.29, 0.717) is 18.5 Å². The minimum atomic E-state index is 0.304. The Bertz CT molecular complexity index is 733. The number of aromatic nitrogens is 2. The normalized spacial score (nSPS) is 12.9. The molecule has 2 aromatic rings. The molecule has 0 fully saturated rings. The predicted molar refractivity (Wildman–Crippen MR) is 114 cm³/mol. The number of aryl methyl sites for hydroxylation is 2. The monoisotopic (exact) mass is 370 g/mol. The highest BCUT2D eigenvalue weighted by molar-refractivity contribution is 5.79. The molecule has 1 atom stereocenters. The van der Waals surface area contributed by atoms with Crippen molar-refractivity contribution < 1.29 is 0 Å². The summed E-state index contributed by atoms with van der Waals surface area (Å²) in [5.41, 5.74) is 4.54. The summed E-state index contributed by atoms with van der Waals surface area (Å²) in [5, 5.41) is 14.9. The van der Waals surface area contributed by atoms with Crippen LogP contribution in [-0.4, -0.2) is 34.9 Å². The molecule has 1 unspecified atom stereocenters. The molecule has 1 heterocycles. The highest BCUT2D eigenvalue weighted by atomic mass is 15.3. The third kappa shape index (κ3) is 6.01. The summed E-state index contributed by atoms with van der Waals surface area (Å²) in [6.45, 7) is 12.9. The average Bonchev–Trinajstić information content (AvgIpc) is 2.88. The molecule has 2 rings (SSSR count). The van der Waals surface area contributed by atoms with Crippen LogP contribution in [0.15, 0.2) is 35.3 Å². The number of nitrogens with zero attached hydrogens (tertiary/aromatic N) is 3. The molecule has 0 aliphatic carbocycles. The Morgan fingerprint density at radius 1 is 1.15 bits per heavy atom. The first-order valence-corrected chi connectivity index (χ1v) is 9.75. The second-order valence-electron chi connectivity index (χ2n) is 7.21. The van der Waals surface area contributed by atoms with E-state index in [0.717, 1.165) is 36.1 Å². The highest BCUT2D eigenvalue weighted by Crippen LogP contribution is 2.13. The van der Waals surface area contributed by atoms with Gasteiger partial charge in [-0.25, -0.2) is 4.99 Å². The topological polar surface area (TPSA) is 66.3 Å². The van der Waals surface area contributed by atoms with E-state index in [-0.39, 0.29) is 0 Å². The van der Waals surface area contributed by atoms with Crippen LogP contribution in [0.3, 0.4) is 0 Å². The van der Waals surface area contributed by atoms with Crippen molar-refractivity contribution in [2.45, 2.75) is 47.2 Å². The minimum Gasteiger partial charge on any atom is -0.380 e. The number of hydrogen-bond donors (Lipinski definition) is 3. The molecule has 0 aliphatic rings. The maximum atomic E-state index is 4.77. The van der Waals surface area contributed by atoms with Crippen LogP contribution in [0.5, 0.6) is 0 Å². The first-order chi connectivity index (χ1) is 12.9. The van der Waals surface area contributed by atoms with Crippen molar-refractivity contribution in [3.8, 4) is 0 Å². The van der Waals surface area contributed by atoms with E-state index in [2.05, 4.69) is 73.0 Å². The second-order valence-corrected chi connectivity index (χ2v) is 7.21. The van der Waals surface area contributed by atoms with E-state index in [1.54, 1.807) is 0 Å². The van der Waals surface area contributed by atoms with E-state index in [4.69, 9.17) is 4.99 Å². The number of para-hydroxylation sites is 1. The van der Waals surface area contributed by atoms with Gasteiger partial charge in [0.05, 0.1) is 12.2 Å². The molecule has 148 valence electrons. The van der Waals surface area contributed by atoms with Crippen molar-refractivity contribution in [2.24, 2.45) is 18.0 Å². The SMILES string of the molecule is CCNC(=NCc1c(C)nn(C)c1C)NCC(Nc1ccccc1)C(C)C. The van der Waals surface area contributed by atoms with E-state index in [1.807, 2.05) is 24.7 Å². The van der Waals surface area contributed by atoms with E-state index < -0.39 is 0 Å². The van der Waals surface area contributed by atoms with E-state index >= 15 is 0 Å². The Morgan fingerprint density at radius 3 is 2.41 bits per heavy atom. The molecule has 1 aromatic heterocycles. The van der Waals surface area contributed by atoms with Gasteiger partial charge in [-0.3, -0.25) is 4.68 Å². The first-order valence-electron chi connectivity index (χ1n) is 9.75. The maximum absolute atomic E-state index is 4.77. The summed E-state index contributed by atoms with van der Waals surface area (Å²) >= 11 is 0. The summed E-state index contributed by atoms with van der Waals surface area (Å²) in [7, 11) is 1.97. The van der Waals surface area contributed by atoms with Gasteiger partial charge in [-0.2, -0.15) is 5.10 Å². The molecule has 0 amide bonds. The number of rotatable bonds is 8. The highest BCUT2D eigenvalue weighted by Gasteiger charge is 2.14. The van der Waals surface area contributed by atoms with Crippen molar-refractivity contribution >= 4 is 11.6 Å². The summed E-state index contributed by atoms with van der Waals surface area (Å²) < 4.78 is 1.92. The van der Waals surface area contributed by atoms with Crippen LogP contribution in [0, 0.1) is 19.8 Å². The van der Waals surface area contributed by atoms with Crippen molar-refractivity contribution in [2.75, 3.05) is 18.4 Å². The van der Waals surface area contributed by atoms with Crippen molar-refractivity contribution in [1.82, 2.24) is 20.4 Å². The molecular weight excluding hydrogens is 336 g/mol. The van der Waals surface area contributed by atoms with Gasteiger partial charge < -0.3 is 16.0 Å². The molecule has 0 spiro atoms. The molecule has 0 saturated carbocycles. The Kier molecular flexibility index (Phi) is 7.70. The summed E-state index contributed by atoms with van der Waals surface area (Å²) in [5.74, 6) is 1.32. The maximum Gasteiger partial charge on any atom is 0.191 e. The lowest BCUT2D eigenvalue weighted by Crippen LogP contribution is -2.44. The molecule has 0 saturated heterocycles. The Morgan fingerprint density at radius 2 is 1.85 bits per heavy atom. The first kappa shape index (κ1) is 20.8. The number of benzene rings is 1. The molecule has 0 bridgehead atoms. The lowest BCUT2D eigenvalue weighted by atomic mass is 10.0. The standard InChI is InChI=1S/C21H34N6/c1-7-22-21(23-13-19-16(4)26-27(6)17(19)5)24-14-20(15(2)3)25-18-11-9-8-10-12-18/h8-12,15,20,25H,7,13-14H2,1-6H3,(H2,22,23,24). The number of anilines is 1. The Hall–Kier alpha value is -2.50. The number of nitrogens with one attached hydrogen (secondary N) is 3. The average molecular weight is 371 g/mol. The smallest absolute Gasteiger partial charge is 0.191 e. The zero-order valence-electron chi connectivity index (χ0n) is 17.5. The van der Waals surface area contributed by atoms with Gasteiger partial charge in [0, 0.05) is 43.1 Å². The van der Waals surface area contributed by atoms with Crippen LogP contribution in [-0.2, 0) is 13.6 Å². The van der Waals surface area contributed by atoms with Gasteiger partial charge >= 0.3 is 0 Å². The number of guanidine groups is 1. The molecule has 27 heavy (non-hydrogen) atoms. The van der Waals surface area contributed by atoms with Crippen LogP contribution in [0.4, 0.5) is 5.69 Å². The lowest BCUT2D eigenvalue weighted by molar-refractivity contribution is 0.512. The van der Waals surface area contributed by atoms with Gasteiger partial charge in [0.2, 0.25) is 0 Å². The van der Waals surface area contributed by atoms with Gasteiger partial charge in [-0.05, 0) is 38.8 Å². The number of aliphatic imine (C=N–C) groups is 1. The fourth-order valence-corrected chi connectivity index (χ4v) is 2.95. The van der Waals surface area contributed by atoms with Crippen LogP contribution < -0.4 is 16.0 Å². The zero-order chi connectivity index (χ0) is 19.8. The molecule has 0 aliphatic heterocycles. The molecule has 0 radical (unpaired) electrons. The predicted octanol–water partition coefficient (Wildman–Crippen LogP) is 3.23. The number of hydrogen-bond acceptors (Lipinski definition) is 3. The van der Waals surface area contributed by atoms with E-state index in [1.165, 1.54) is 5.56 Å². The van der Waals surface area contributed by atoms with Gasteiger partial charge in [0.1, 0.15) is 0 Å². The van der Waals surface area contributed by atoms with Crippen LogP contribution in [0.1, 0.15) is 37.7 Å². The fourth-order valence-electron chi connectivity index (χ4n) is 2.95. The van der Waals surface area contributed by atoms with Crippen LogP contribution in [0.25, 0.3) is 0 Å². The Balaban J connectivity index is 2.02. The van der Waals surface area contributed by atoms with Crippen LogP contribution >= 0.6 is 0 Å². The third-order valence-electron chi connectivity index (χ3n) is 4.82. The zero-order valence-corrected chi connectivity index (χ0v) is 17.5. The summed E-state index contributed by atoms with van der Waals surface area (Å²) in [4.78, 5) is 4.77. The second kappa shape index (κ2) is 10.00. The van der Waals surface area contributed by atoms with Crippen molar-refractivity contribution in [3.63, 3.8) is 0 Å². The van der Waals surface area contributed by atoms with Crippen LogP contribution in [0.2, 0.25) is 0 Å². The van der Waals surface area contributed by atoms with E-state index in [9.17, 15) is 0 Å². The quantitative estimate of drug-likeness (QED) is 0.493. The van der Waals surface area contributed by atoms with Crippen molar-refractivity contribution in [1.29, 1.82) is 0 Å². The molecular formula is C21H34N6. The fraction of sp³-hybridized carbons (Fsp3) is 0.524.